The van der Waals surface area contributed by atoms with Crippen LogP contribution in [0.15, 0.2) is 27.4 Å². The highest BCUT2D eigenvalue weighted by molar-refractivity contribution is 6.08. The van der Waals surface area contributed by atoms with E-state index < -0.39 is 5.63 Å². The largest absolute Gasteiger partial charge is 0.507 e. The number of rotatable bonds is 2. The van der Waals surface area contributed by atoms with E-state index >= 15 is 0 Å². The van der Waals surface area contributed by atoms with Gasteiger partial charge in [-0.05, 0) is 24.6 Å². The molecular formula is C13H12O4. The fourth-order valence-electron chi connectivity index (χ4n) is 1.82. The third-order valence-electron chi connectivity index (χ3n) is 2.70. The Balaban J connectivity index is 2.94. The Kier molecular flexibility index (Phi) is 2.71. The highest BCUT2D eigenvalue weighted by Gasteiger charge is 2.17. The molecule has 1 aromatic heterocycles. The van der Waals surface area contributed by atoms with Crippen LogP contribution >= 0.6 is 0 Å². The van der Waals surface area contributed by atoms with E-state index in [-0.39, 0.29) is 29.1 Å². The average Bonchev–Trinajstić information content (AvgIpc) is 2.27. The Morgan fingerprint density at radius 2 is 2.12 bits per heavy atom. The first-order chi connectivity index (χ1) is 8.04. The Morgan fingerprint density at radius 3 is 2.76 bits per heavy atom. The number of carbonyl (C=O) groups is 1. The molecular weight excluding hydrogens is 220 g/mol. The van der Waals surface area contributed by atoms with Crippen LogP contribution in [0.4, 0.5) is 0 Å². The van der Waals surface area contributed by atoms with Crippen molar-refractivity contribution < 1.29 is 14.3 Å². The molecule has 17 heavy (non-hydrogen) atoms. The van der Waals surface area contributed by atoms with Crippen molar-refractivity contribution in [1.82, 2.24) is 0 Å². The molecule has 0 atom stereocenters. The summed E-state index contributed by atoms with van der Waals surface area (Å²) in [6, 6.07) is 4.44. The van der Waals surface area contributed by atoms with Gasteiger partial charge in [-0.25, -0.2) is 4.79 Å². The van der Waals surface area contributed by atoms with Gasteiger partial charge in [0.2, 0.25) is 0 Å². The summed E-state index contributed by atoms with van der Waals surface area (Å²) in [6.07, 6.45) is 0.240. The molecule has 0 saturated heterocycles. The number of benzene rings is 1. The monoisotopic (exact) mass is 232 g/mol. The van der Waals surface area contributed by atoms with E-state index in [0.717, 1.165) is 5.56 Å². The number of fused-ring (bicyclic) bond motifs is 1. The van der Waals surface area contributed by atoms with Crippen LogP contribution in [-0.2, 0) is 0 Å². The van der Waals surface area contributed by atoms with Crippen molar-refractivity contribution in [3.63, 3.8) is 0 Å². The van der Waals surface area contributed by atoms with Crippen LogP contribution < -0.4 is 5.63 Å². The summed E-state index contributed by atoms with van der Waals surface area (Å²) >= 11 is 0. The van der Waals surface area contributed by atoms with Crippen LogP contribution in [0.3, 0.4) is 0 Å². The number of phenolic OH excluding ortho intramolecular Hbond substituents is 1. The number of hydrogen-bond acceptors (Lipinski definition) is 4. The molecule has 0 aliphatic heterocycles. The second kappa shape index (κ2) is 4.05. The predicted octanol–water partition coefficient (Wildman–Crippen LogP) is 2.40. The number of aromatic hydroxyl groups is 1. The molecule has 0 bridgehead atoms. The third-order valence-corrected chi connectivity index (χ3v) is 2.70. The Labute approximate surface area is 97.5 Å². The first kappa shape index (κ1) is 11.4. The molecule has 88 valence electrons. The lowest BCUT2D eigenvalue weighted by atomic mass is 10.0. The maximum Gasteiger partial charge on any atom is 0.336 e. The van der Waals surface area contributed by atoms with Gasteiger partial charge in [-0.2, -0.15) is 0 Å². The Bertz CT molecular complexity index is 652. The van der Waals surface area contributed by atoms with Crippen molar-refractivity contribution in [3.05, 3.63) is 39.7 Å². The SMILES string of the molecule is CCC(=O)c1c(O)ccc2c(C)cc(=O)oc12. The summed E-state index contributed by atoms with van der Waals surface area (Å²) in [5.74, 6) is -0.403. The lowest BCUT2D eigenvalue weighted by molar-refractivity contribution is 0.0986. The average molecular weight is 232 g/mol. The molecule has 2 aromatic rings. The number of carbonyl (C=O) groups excluding carboxylic acids is 1. The summed E-state index contributed by atoms with van der Waals surface area (Å²) in [6.45, 7) is 3.45. The molecule has 2 rings (SSSR count). The van der Waals surface area contributed by atoms with E-state index in [2.05, 4.69) is 0 Å². The summed E-state index contributed by atoms with van der Waals surface area (Å²) in [5, 5.41) is 10.4. The Hall–Kier alpha value is -2.10. The first-order valence-electron chi connectivity index (χ1n) is 5.34. The first-order valence-corrected chi connectivity index (χ1v) is 5.34. The van der Waals surface area contributed by atoms with E-state index in [0.29, 0.717) is 5.39 Å². The van der Waals surface area contributed by atoms with Crippen molar-refractivity contribution in [2.75, 3.05) is 0 Å². The van der Waals surface area contributed by atoms with Crippen molar-refractivity contribution >= 4 is 16.8 Å². The van der Waals surface area contributed by atoms with E-state index in [9.17, 15) is 14.7 Å². The van der Waals surface area contributed by atoms with Crippen molar-refractivity contribution in [2.45, 2.75) is 20.3 Å². The minimum absolute atomic E-state index is 0.0887. The number of Topliss-reactive ketones (excluding diaryl/α,β-unsaturated/α-hetero) is 1. The summed E-state index contributed by atoms with van der Waals surface area (Å²) in [4.78, 5) is 23.1. The standard InChI is InChI=1S/C13H12O4/c1-3-9(14)12-10(15)5-4-8-7(2)6-11(16)17-13(8)12/h4-6,15H,3H2,1-2H3. The third kappa shape index (κ3) is 1.82. The van der Waals surface area contributed by atoms with Crippen LogP contribution in [0.25, 0.3) is 11.0 Å². The summed E-state index contributed by atoms with van der Waals surface area (Å²) in [7, 11) is 0. The molecule has 1 N–H and O–H groups in total. The minimum Gasteiger partial charge on any atom is -0.507 e. The maximum atomic E-state index is 11.7. The minimum atomic E-state index is -0.522. The zero-order valence-electron chi connectivity index (χ0n) is 9.61. The molecule has 4 heteroatoms. The van der Waals surface area contributed by atoms with Gasteiger partial charge in [0.25, 0.3) is 0 Å². The van der Waals surface area contributed by atoms with Crippen molar-refractivity contribution in [2.24, 2.45) is 0 Å². The van der Waals surface area contributed by atoms with E-state index in [1.165, 1.54) is 12.1 Å². The van der Waals surface area contributed by atoms with Crippen molar-refractivity contribution in [1.29, 1.82) is 0 Å². The van der Waals surface area contributed by atoms with Crippen molar-refractivity contribution in [3.8, 4) is 5.75 Å². The van der Waals surface area contributed by atoms with Crippen LogP contribution in [-0.4, -0.2) is 10.9 Å². The number of hydrogen-bond donors (Lipinski definition) is 1. The van der Waals surface area contributed by atoms with Gasteiger partial charge in [0.1, 0.15) is 11.3 Å². The van der Waals surface area contributed by atoms with Gasteiger partial charge in [-0.15, -0.1) is 0 Å². The molecule has 0 radical (unpaired) electrons. The zero-order chi connectivity index (χ0) is 12.6. The number of ketones is 1. The molecule has 0 saturated carbocycles. The summed E-state index contributed by atoms with van der Waals surface area (Å²) < 4.78 is 5.04. The second-order valence-corrected chi connectivity index (χ2v) is 3.86. The topological polar surface area (TPSA) is 67.5 Å². The van der Waals surface area contributed by atoms with E-state index in [1.807, 2.05) is 0 Å². The fourth-order valence-corrected chi connectivity index (χ4v) is 1.82. The maximum absolute atomic E-state index is 11.7. The number of aryl methyl sites for hydroxylation is 1. The molecule has 0 unspecified atom stereocenters. The van der Waals surface area contributed by atoms with Gasteiger partial charge in [0.05, 0.1) is 0 Å². The zero-order valence-corrected chi connectivity index (χ0v) is 9.61. The molecule has 1 heterocycles. The normalized spacial score (nSPS) is 10.7. The van der Waals surface area contributed by atoms with Crippen LogP contribution in [0, 0.1) is 6.92 Å². The second-order valence-electron chi connectivity index (χ2n) is 3.86. The van der Waals surface area contributed by atoms with E-state index in [1.54, 1.807) is 19.9 Å². The molecule has 0 aliphatic carbocycles. The molecule has 1 aromatic carbocycles. The van der Waals surface area contributed by atoms with E-state index in [4.69, 9.17) is 4.42 Å². The number of phenols is 1. The fraction of sp³-hybridized carbons (Fsp3) is 0.231. The highest BCUT2D eigenvalue weighted by atomic mass is 16.4. The van der Waals surface area contributed by atoms with Gasteiger partial charge in [0.15, 0.2) is 11.4 Å². The molecule has 0 spiro atoms. The van der Waals surface area contributed by atoms with Gasteiger partial charge in [-0.1, -0.05) is 6.92 Å². The molecule has 0 fully saturated rings. The van der Waals surface area contributed by atoms with Gasteiger partial charge in [-0.3, -0.25) is 4.79 Å². The van der Waals surface area contributed by atoms with Gasteiger partial charge in [0, 0.05) is 17.9 Å². The molecule has 0 aliphatic rings. The van der Waals surface area contributed by atoms with Crippen LogP contribution in [0.5, 0.6) is 5.75 Å². The molecule has 0 amide bonds. The lowest BCUT2D eigenvalue weighted by Crippen LogP contribution is -2.04. The van der Waals surface area contributed by atoms with Gasteiger partial charge < -0.3 is 9.52 Å². The van der Waals surface area contributed by atoms with Crippen LogP contribution in [0.1, 0.15) is 29.3 Å². The Morgan fingerprint density at radius 1 is 1.41 bits per heavy atom. The summed E-state index contributed by atoms with van der Waals surface area (Å²) in [5.41, 5.74) is 0.458. The quantitative estimate of drug-likeness (QED) is 0.637. The molecule has 4 nitrogen and oxygen atoms in total. The van der Waals surface area contributed by atoms with Crippen LogP contribution in [0.2, 0.25) is 0 Å². The predicted molar refractivity (Wildman–Crippen MR) is 63.5 cm³/mol. The van der Waals surface area contributed by atoms with Gasteiger partial charge >= 0.3 is 5.63 Å². The lowest BCUT2D eigenvalue weighted by Gasteiger charge is -2.07. The highest BCUT2D eigenvalue weighted by Crippen LogP contribution is 2.28. The smallest absolute Gasteiger partial charge is 0.336 e.